The summed E-state index contributed by atoms with van der Waals surface area (Å²) in [4.78, 5) is 27.2. The van der Waals surface area contributed by atoms with Gasteiger partial charge in [-0.3, -0.25) is 4.98 Å². The van der Waals surface area contributed by atoms with Gasteiger partial charge >= 0.3 is 0 Å². The molecular formula is C23H29Br2N9. The fraction of sp³-hybridized carbons (Fsp3) is 0.478. The predicted octanol–water partition coefficient (Wildman–Crippen LogP) is 4.82. The molecule has 3 fully saturated rings. The number of aromatic nitrogens is 6. The quantitative estimate of drug-likeness (QED) is 0.439. The monoisotopic (exact) mass is 589 g/mol. The third-order valence-corrected chi connectivity index (χ3v) is 6.79. The van der Waals surface area contributed by atoms with Crippen molar-refractivity contribution in [2.75, 3.05) is 30.5 Å². The lowest BCUT2D eigenvalue weighted by Crippen LogP contribution is -2.12. The van der Waals surface area contributed by atoms with Crippen LogP contribution < -0.4 is 16.4 Å². The number of anilines is 3. The van der Waals surface area contributed by atoms with Crippen LogP contribution in [0.15, 0.2) is 34.0 Å². The third kappa shape index (κ3) is 7.05. The highest BCUT2D eigenvalue weighted by molar-refractivity contribution is 9.10. The largest absolute Gasteiger partial charge is 0.382 e. The summed E-state index contributed by atoms with van der Waals surface area (Å²) in [5.74, 6) is 3.86. The van der Waals surface area contributed by atoms with E-state index in [4.69, 9.17) is 11.5 Å². The summed E-state index contributed by atoms with van der Waals surface area (Å²) >= 11 is 6.77. The van der Waals surface area contributed by atoms with Crippen molar-refractivity contribution in [3.63, 3.8) is 0 Å². The minimum atomic E-state index is 0.509. The average Bonchev–Trinajstić information content (AvgIpc) is 3.64. The Hall–Kier alpha value is -2.40. The molecular weight excluding hydrogens is 562 g/mol. The molecule has 0 radical (unpaired) electrons. The van der Waals surface area contributed by atoms with Crippen molar-refractivity contribution in [1.82, 2.24) is 29.9 Å². The first kappa shape index (κ1) is 24.7. The van der Waals surface area contributed by atoms with Gasteiger partial charge in [-0.25, -0.2) is 24.9 Å². The van der Waals surface area contributed by atoms with Crippen molar-refractivity contribution in [1.29, 1.82) is 0 Å². The van der Waals surface area contributed by atoms with Gasteiger partial charge in [-0.2, -0.15) is 0 Å². The lowest BCUT2D eigenvalue weighted by atomic mass is 10.3. The lowest BCUT2D eigenvalue weighted by Gasteiger charge is -2.12. The van der Waals surface area contributed by atoms with Gasteiger partial charge in [-0.05, 0) is 70.4 Å². The van der Waals surface area contributed by atoms with Gasteiger partial charge in [0.2, 0.25) is 0 Å². The normalized spacial score (nSPS) is 16.6. The van der Waals surface area contributed by atoms with E-state index in [1.165, 1.54) is 38.5 Å². The number of rotatable bonds is 4. The Kier molecular flexibility index (Phi) is 7.92. The molecule has 3 heterocycles. The van der Waals surface area contributed by atoms with Gasteiger partial charge in [0.15, 0.2) is 0 Å². The van der Waals surface area contributed by atoms with Crippen LogP contribution in [0.2, 0.25) is 0 Å². The second-order valence-electron chi connectivity index (χ2n) is 8.96. The molecule has 0 amide bonds. The lowest BCUT2D eigenvalue weighted by molar-refractivity contribution is 0.933. The maximum Gasteiger partial charge on any atom is 0.146 e. The zero-order valence-corrected chi connectivity index (χ0v) is 22.5. The number of nitrogens with zero attached hydrogens (tertiary/aromatic N) is 7. The molecule has 4 N–H and O–H groups in total. The van der Waals surface area contributed by atoms with Gasteiger partial charge in [-0.15, -0.1) is 0 Å². The molecule has 0 aromatic carbocycles. The first-order chi connectivity index (χ1) is 16.3. The highest BCUT2D eigenvalue weighted by Crippen LogP contribution is 2.42. The van der Waals surface area contributed by atoms with E-state index in [0.717, 1.165) is 32.1 Å². The molecule has 0 saturated heterocycles. The van der Waals surface area contributed by atoms with Gasteiger partial charge in [0, 0.05) is 38.0 Å². The molecule has 0 aliphatic heterocycles. The smallest absolute Gasteiger partial charge is 0.146 e. The Labute approximate surface area is 216 Å². The summed E-state index contributed by atoms with van der Waals surface area (Å²) in [7, 11) is 3.96. The fourth-order valence-corrected chi connectivity index (χ4v) is 4.23. The van der Waals surface area contributed by atoms with E-state index in [1.807, 2.05) is 19.0 Å². The Morgan fingerprint density at radius 1 is 0.706 bits per heavy atom. The summed E-state index contributed by atoms with van der Waals surface area (Å²) in [6.45, 7) is 0. The van der Waals surface area contributed by atoms with Crippen molar-refractivity contribution in [2.45, 2.75) is 56.3 Å². The molecule has 11 heteroatoms. The van der Waals surface area contributed by atoms with Gasteiger partial charge in [0.1, 0.15) is 26.7 Å². The summed E-state index contributed by atoms with van der Waals surface area (Å²) in [6, 6.07) is 0. The third-order valence-electron chi connectivity index (χ3n) is 5.56. The first-order valence-electron chi connectivity index (χ1n) is 11.4. The molecule has 3 saturated carbocycles. The molecule has 0 atom stereocenters. The van der Waals surface area contributed by atoms with E-state index in [-0.39, 0.29) is 0 Å². The number of nitrogen functional groups attached to an aromatic ring is 2. The Morgan fingerprint density at radius 2 is 1.24 bits per heavy atom. The van der Waals surface area contributed by atoms with E-state index >= 15 is 0 Å². The van der Waals surface area contributed by atoms with Gasteiger partial charge in [0.25, 0.3) is 0 Å². The number of halogens is 2. The fourth-order valence-electron chi connectivity index (χ4n) is 3.20. The topological polar surface area (TPSA) is 133 Å². The van der Waals surface area contributed by atoms with Gasteiger partial charge in [0.05, 0.1) is 35.7 Å². The van der Waals surface area contributed by atoms with Crippen molar-refractivity contribution in [3.8, 4) is 0 Å². The average molecular weight is 591 g/mol. The first-order valence-corrected chi connectivity index (χ1v) is 13.0. The van der Waals surface area contributed by atoms with Crippen LogP contribution in [0.4, 0.5) is 17.5 Å². The standard InChI is InChI=1S/C9H12BrN3.C7H8BrN3.C7H9N3/c1-13(2)7-5-11-9(10)8(12-7)6-3-4-6;8-7-6(4-1-2-4)11-5(9)3-10-7;8-7-4-9-3-6(10-7)5-1-2-5/h5-6H,3-4H2,1-2H3;3-4H,1-2H2,(H2,9,11);3-5H,1-2H2,(H2,8,10). The van der Waals surface area contributed by atoms with Gasteiger partial charge < -0.3 is 16.4 Å². The highest BCUT2D eigenvalue weighted by Gasteiger charge is 2.29. The van der Waals surface area contributed by atoms with E-state index < -0.39 is 0 Å². The van der Waals surface area contributed by atoms with Crippen LogP contribution in [-0.2, 0) is 0 Å². The maximum atomic E-state index is 5.50. The predicted molar refractivity (Wildman–Crippen MR) is 141 cm³/mol. The van der Waals surface area contributed by atoms with Crippen LogP contribution in [-0.4, -0.2) is 44.0 Å². The van der Waals surface area contributed by atoms with E-state index in [1.54, 1.807) is 24.8 Å². The molecule has 0 bridgehead atoms. The molecule has 3 aromatic rings. The molecule has 0 spiro atoms. The second kappa shape index (κ2) is 10.9. The molecule has 3 aliphatic carbocycles. The van der Waals surface area contributed by atoms with Crippen molar-refractivity contribution in [2.24, 2.45) is 0 Å². The van der Waals surface area contributed by atoms with E-state index in [9.17, 15) is 0 Å². The summed E-state index contributed by atoms with van der Waals surface area (Å²) in [6.07, 6.45) is 14.2. The summed E-state index contributed by atoms with van der Waals surface area (Å²) in [5.41, 5.74) is 14.1. The molecule has 180 valence electrons. The zero-order valence-electron chi connectivity index (χ0n) is 19.3. The van der Waals surface area contributed by atoms with Crippen LogP contribution in [0, 0.1) is 0 Å². The van der Waals surface area contributed by atoms with Crippen LogP contribution in [0.5, 0.6) is 0 Å². The van der Waals surface area contributed by atoms with Crippen LogP contribution in [0.1, 0.15) is 73.4 Å². The van der Waals surface area contributed by atoms with Crippen LogP contribution >= 0.6 is 31.9 Å². The van der Waals surface area contributed by atoms with Gasteiger partial charge in [-0.1, -0.05) is 0 Å². The number of hydrogen-bond donors (Lipinski definition) is 2. The van der Waals surface area contributed by atoms with E-state index in [0.29, 0.717) is 29.4 Å². The number of nitrogens with two attached hydrogens (primary N) is 2. The Balaban J connectivity index is 0.000000122. The molecule has 34 heavy (non-hydrogen) atoms. The minimum absolute atomic E-state index is 0.509. The maximum absolute atomic E-state index is 5.50. The highest BCUT2D eigenvalue weighted by atomic mass is 79.9. The van der Waals surface area contributed by atoms with E-state index in [2.05, 4.69) is 61.8 Å². The summed E-state index contributed by atoms with van der Waals surface area (Å²) < 4.78 is 1.75. The SMILES string of the molecule is CN(C)c1cnc(Br)c(C2CC2)n1.Nc1cnc(Br)c(C2CC2)n1.Nc1cncc(C2CC2)n1. The molecule has 0 unspecified atom stereocenters. The molecule has 3 aromatic heterocycles. The van der Waals surface area contributed by atoms with Crippen molar-refractivity contribution < 1.29 is 0 Å². The Bertz CT molecular complexity index is 1130. The number of hydrogen-bond acceptors (Lipinski definition) is 9. The second-order valence-corrected chi connectivity index (χ2v) is 10.5. The van der Waals surface area contributed by atoms with Crippen LogP contribution in [0.3, 0.4) is 0 Å². The van der Waals surface area contributed by atoms with Crippen molar-refractivity contribution >= 4 is 49.3 Å². The minimum Gasteiger partial charge on any atom is -0.382 e. The molecule has 9 nitrogen and oxygen atoms in total. The summed E-state index contributed by atoms with van der Waals surface area (Å²) in [5, 5.41) is 0. The molecule has 6 rings (SSSR count). The molecule has 3 aliphatic rings. The van der Waals surface area contributed by atoms with Crippen molar-refractivity contribution in [3.05, 3.63) is 51.1 Å². The zero-order chi connectivity index (χ0) is 24.2. The van der Waals surface area contributed by atoms with Crippen LogP contribution in [0.25, 0.3) is 0 Å². The Morgan fingerprint density at radius 3 is 1.76 bits per heavy atom.